The first-order valence-electron chi connectivity index (χ1n) is 5.15. The molecule has 2 radical (unpaired) electrons. The van der Waals surface area contributed by atoms with Crippen molar-refractivity contribution in [3.05, 3.63) is 35.9 Å². The summed E-state index contributed by atoms with van der Waals surface area (Å²) in [5.74, 6) is 0. The van der Waals surface area contributed by atoms with E-state index < -0.39 is 27.2 Å². The first-order chi connectivity index (χ1) is 8.54. The smallest absolute Gasteiger partial charge is 0.207 e. The second-order valence-corrected chi connectivity index (χ2v) is 5.77. The van der Waals surface area contributed by atoms with Crippen molar-refractivity contribution in [3.63, 3.8) is 0 Å². The van der Waals surface area contributed by atoms with Crippen molar-refractivity contribution < 1.29 is 21.6 Å². The van der Waals surface area contributed by atoms with E-state index in [2.05, 4.69) is 11.3 Å². The molecule has 3 nitrogen and oxygen atoms in total. The second kappa shape index (κ2) is 5.38. The van der Waals surface area contributed by atoms with E-state index in [0.29, 0.717) is 17.7 Å². The number of sulfonamides is 1. The highest BCUT2D eigenvalue weighted by molar-refractivity contribution is 7.89. The fourth-order valence-corrected chi connectivity index (χ4v) is 2.47. The third-order valence-electron chi connectivity index (χ3n) is 2.19. The zero-order valence-electron chi connectivity index (χ0n) is 10.1. The molecule has 102 valence electrons. The molecule has 0 atom stereocenters. The lowest BCUT2D eigenvalue weighted by atomic mass is 9.94. The summed E-state index contributed by atoms with van der Waals surface area (Å²) in [6.07, 6.45) is -4.57. The third-order valence-corrected chi connectivity index (χ3v) is 3.67. The maximum Gasteiger partial charge on any atom is 0.416 e. The standard InChI is InChI=1S/C11H11BF3NO2S/c1-7(2)6-16-19(17,18)10-4-3-8(5-9(10)12)11(13,14)15/h3-5,16H,1,6H2,2H3. The molecule has 8 heteroatoms. The van der Waals surface area contributed by atoms with Crippen molar-refractivity contribution in [1.82, 2.24) is 4.72 Å². The molecule has 0 aliphatic rings. The van der Waals surface area contributed by atoms with Crippen molar-refractivity contribution in [3.8, 4) is 0 Å². The first kappa shape index (κ1) is 15.8. The summed E-state index contributed by atoms with van der Waals surface area (Å²) in [7, 11) is 1.42. The number of benzene rings is 1. The Morgan fingerprint density at radius 3 is 2.42 bits per heavy atom. The van der Waals surface area contributed by atoms with Gasteiger partial charge in [0.1, 0.15) is 7.85 Å². The maximum atomic E-state index is 12.4. The Hall–Kier alpha value is -1.28. The minimum absolute atomic E-state index is 0.0111. The number of halogens is 3. The van der Waals surface area contributed by atoms with E-state index in [0.717, 1.165) is 6.07 Å². The Morgan fingerprint density at radius 2 is 2.00 bits per heavy atom. The summed E-state index contributed by atoms with van der Waals surface area (Å²) in [6, 6.07) is 2.10. The lowest BCUT2D eigenvalue weighted by Gasteiger charge is -2.12. The van der Waals surface area contributed by atoms with Gasteiger partial charge in [-0.3, -0.25) is 0 Å². The molecular weight excluding hydrogens is 278 g/mol. The van der Waals surface area contributed by atoms with E-state index in [-0.39, 0.29) is 11.4 Å². The average Bonchev–Trinajstić information content (AvgIpc) is 2.25. The normalized spacial score (nSPS) is 12.4. The molecule has 0 saturated carbocycles. The van der Waals surface area contributed by atoms with Crippen LogP contribution in [0, 0.1) is 0 Å². The molecule has 1 aromatic rings. The highest BCUT2D eigenvalue weighted by atomic mass is 32.2. The molecule has 0 aliphatic carbocycles. The predicted octanol–water partition coefficient (Wildman–Crippen LogP) is 1.35. The van der Waals surface area contributed by atoms with Crippen molar-refractivity contribution >= 4 is 23.3 Å². The number of nitrogens with one attached hydrogen (secondary N) is 1. The zero-order chi connectivity index (χ0) is 14.8. The molecule has 1 rings (SSSR count). The van der Waals surface area contributed by atoms with E-state index >= 15 is 0 Å². The topological polar surface area (TPSA) is 46.2 Å². The molecule has 19 heavy (non-hydrogen) atoms. The van der Waals surface area contributed by atoms with Crippen LogP contribution >= 0.6 is 0 Å². The molecule has 1 N–H and O–H groups in total. The van der Waals surface area contributed by atoms with Gasteiger partial charge in [-0.05, 0) is 19.1 Å². The van der Waals surface area contributed by atoms with Gasteiger partial charge in [-0.2, -0.15) is 13.2 Å². The van der Waals surface area contributed by atoms with Crippen LogP contribution in [0.2, 0.25) is 0 Å². The molecule has 0 amide bonds. The number of rotatable bonds is 4. The Balaban J connectivity index is 3.13. The summed E-state index contributed by atoms with van der Waals surface area (Å²) in [5, 5.41) is 0. The van der Waals surface area contributed by atoms with Gasteiger partial charge in [0.15, 0.2) is 0 Å². The van der Waals surface area contributed by atoms with Gasteiger partial charge >= 0.3 is 6.18 Å². The average molecular weight is 289 g/mol. The van der Waals surface area contributed by atoms with Crippen LogP contribution in [0.4, 0.5) is 13.2 Å². The van der Waals surface area contributed by atoms with E-state index in [1.54, 1.807) is 6.92 Å². The molecule has 0 heterocycles. The molecule has 0 unspecified atom stereocenters. The quantitative estimate of drug-likeness (QED) is 0.672. The van der Waals surface area contributed by atoms with Gasteiger partial charge in [0.05, 0.1) is 10.5 Å². The highest BCUT2D eigenvalue weighted by Gasteiger charge is 2.31. The minimum Gasteiger partial charge on any atom is -0.207 e. The second-order valence-electron chi connectivity index (χ2n) is 4.03. The van der Waals surface area contributed by atoms with Crippen LogP contribution in [0.25, 0.3) is 0 Å². The molecule has 0 aliphatic heterocycles. The molecule has 0 saturated heterocycles. The van der Waals surface area contributed by atoms with Crippen molar-refractivity contribution in [1.29, 1.82) is 0 Å². The maximum absolute atomic E-state index is 12.4. The molecule has 0 spiro atoms. The highest BCUT2D eigenvalue weighted by Crippen LogP contribution is 2.28. The molecular formula is C11H11BF3NO2S. The summed E-state index contributed by atoms with van der Waals surface area (Å²) in [4.78, 5) is -0.387. The molecule has 1 aromatic carbocycles. The zero-order valence-corrected chi connectivity index (χ0v) is 10.9. The van der Waals surface area contributed by atoms with Gasteiger partial charge in [-0.25, -0.2) is 13.1 Å². The van der Waals surface area contributed by atoms with Crippen LogP contribution < -0.4 is 10.2 Å². The Kier molecular flexibility index (Phi) is 4.47. The van der Waals surface area contributed by atoms with Gasteiger partial charge in [0.2, 0.25) is 10.0 Å². The van der Waals surface area contributed by atoms with Crippen LogP contribution in [0.1, 0.15) is 12.5 Å². The molecule has 0 bridgehead atoms. The van der Waals surface area contributed by atoms with Crippen molar-refractivity contribution in [2.75, 3.05) is 6.54 Å². The number of hydrogen-bond acceptors (Lipinski definition) is 2. The summed E-state index contributed by atoms with van der Waals surface area (Å²) in [5.41, 5.74) is -0.887. The monoisotopic (exact) mass is 289 g/mol. The first-order valence-corrected chi connectivity index (χ1v) is 6.63. The Bertz CT molecular complexity index is 596. The minimum atomic E-state index is -4.57. The summed E-state index contributed by atoms with van der Waals surface area (Å²) in [6.45, 7) is 5.11. The van der Waals surface area contributed by atoms with Crippen LogP contribution in [0.3, 0.4) is 0 Å². The number of hydrogen-bond donors (Lipinski definition) is 1. The van der Waals surface area contributed by atoms with Gasteiger partial charge in [-0.15, -0.1) is 0 Å². The molecule has 0 aromatic heterocycles. The van der Waals surface area contributed by atoms with Crippen LogP contribution in [-0.4, -0.2) is 22.8 Å². The fourth-order valence-electron chi connectivity index (χ4n) is 1.27. The Morgan fingerprint density at radius 1 is 1.42 bits per heavy atom. The van der Waals surface area contributed by atoms with Gasteiger partial charge in [-0.1, -0.05) is 23.7 Å². The SMILES string of the molecule is [B]c1cc(C(F)(F)F)ccc1S(=O)(=O)NCC(=C)C. The van der Waals surface area contributed by atoms with Gasteiger partial charge in [0, 0.05) is 6.54 Å². The molecule has 0 fully saturated rings. The van der Waals surface area contributed by atoms with Gasteiger partial charge < -0.3 is 0 Å². The van der Waals surface area contributed by atoms with E-state index in [1.165, 1.54) is 0 Å². The van der Waals surface area contributed by atoms with E-state index in [4.69, 9.17) is 7.85 Å². The number of alkyl halides is 3. The lowest BCUT2D eigenvalue weighted by molar-refractivity contribution is -0.137. The van der Waals surface area contributed by atoms with Crippen LogP contribution in [-0.2, 0) is 16.2 Å². The van der Waals surface area contributed by atoms with Crippen LogP contribution in [0.15, 0.2) is 35.2 Å². The van der Waals surface area contributed by atoms with Crippen molar-refractivity contribution in [2.45, 2.75) is 18.0 Å². The third kappa shape index (κ3) is 4.10. The summed E-state index contributed by atoms with van der Waals surface area (Å²) < 4.78 is 63.0. The van der Waals surface area contributed by atoms with E-state index in [1.807, 2.05) is 0 Å². The van der Waals surface area contributed by atoms with Crippen LogP contribution in [0.5, 0.6) is 0 Å². The van der Waals surface area contributed by atoms with Crippen molar-refractivity contribution in [2.24, 2.45) is 0 Å². The largest absolute Gasteiger partial charge is 0.416 e. The summed E-state index contributed by atoms with van der Waals surface area (Å²) >= 11 is 0. The predicted molar refractivity (Wildman–Crippen MR) is 66.8 cm³/mol. The Labute approximate surface area is 111 Å². The lowest BCUT2D eigenvalue weighted by Crippen LogP contribution is -2.30. The fraction of sp³-hybridized carbons (Fsp3) is 0.273. The van der Waals surface area contributed by atoms with Gasteiger partial charge in [0.25, 0.3) is 0 Å². The van der Waals surface area contributed by atoms with E-state index in [9.17, 15) is 21.6 Å².